The molecule has 1 aromatic carbocycles. The van der Waals surface area contributed by atoms with Crippen molar-refractivity contribution in [2.75, 3.05) is 19.7 Å². The molecule has 1 aliphatic carbocycles. The molecule has 2 fully saturated rings. The Morgan fingerprint density at radius 3 is 2.83 bits per heavy atom. The minimum Gasteiger partial charge on any atom is -0.383 e. The molecule has 1 amide bonds. The van der Waals surface area contributed by atoms with E-state index in [1.165, 1.54) is 0 Å². The predicted molar refractivity (Wildman–Crippen MR) is 80.2 cm³/mol. The summed E-state index contributed by atoms with van der Waals surface area (Å²) in [4.78, 5) is 13.3. The van der Waals surface area contributed by atoms with Crippen molar-refractivity contribution < 1.29 is 23.4 Å². The maximum absolute atomic E-state index is 14.4. The maximum Gasteiger partial charge on any atom is 0.352 e. The molecule has 1 unspecified atom stereocenters. The van der Waals surface area contributed by atoms with E-state index in [0.29, 0.717) is 17.5 Å². The number of nitrogens with zero attached hydrogens (tertiary/aromatic N) is 2. The van der Waals surface area contributed by atoms with E-state index in [-0.39, 0.29) is 32.5 Å². The number of hydrogen-bond acceptors (Lipinski definition) is 4. The van der Waals surface area contributed by atoms with E-state index in [1.54, 1.807) is 24.3 Å². The fraction of sp³-hybridized carbons (Fsp3) is 0.529. The minimum atomic E-state index is -3.79. The lowest BCUT2D eigenvalue weighted by Gasteiger charge is -2.44. The van der Waals surface area contributed by atoms with Gasteiger partial charge < -0.3 is 14.7 Å². The lowest BCUT2D eigenvalue weighted by atomic mass is 9.75. The van der Waals surface area contributed by atoms with E-state index >= 15 is 0 Å². The third-order valence-electron chi connectivity index (χ3n) is 4.77. The molecule has 0 bridgehead atoms. The van der Waals surface area contributed by atoms with Gasteiger partial charge in [0.15, 0.2) is 0 Å². The molecule has 1 heterocycles. The lowest BCUT2D eigenvalue weighted by Crippen LogP contribution is -2.62. The Labute approximate surface area is 138 Å². The van der Waals surface area contributed by atoms with Crippen molar-refractivity contribution in [1.29, 1.82) is 5.26 Å². The fourth-order valence-corrected chi connectivity index (χ4v) is 3.07. The Hall–Kier alpha value is -2.04. The quantitative estimate of drug-likeness (QED) is 0.916. The zero-order valence-electron chi connectivity index (χ0n) is 13.0. The number of carbonyl (C=O) groups is 1. The predicted octanol–water partition coefficient (Wildman–Crippen LogP) is 2.01. The SMILES string of the molecule is N#Cc1cccc(C2CN(C(=O)C(F)(F)C3(O)CCC3)CCO2)c1. The van der Waals surface area contributed by atoms with Crippen LogP contribution in [0.5, 0.6) is 0 Å². The molecular formula is C17H18F2N2O3. The number of rotatable bonds is 3. The van der Waals surface area contributed by atoms with Crippen LogP contribution >= 0.6 is 0 Å². The van der Waals surface area contributed by atoms with Gasteiger partial charge in [0.25, 0.3) is 5.91 Å². The Bertz CT molecular complexity index is 683. The van der Waals surface area contributed by atoms with Gasteiger partial charge in [-0.3, -0.25) is 4.79 Å². The Morgan fingerprint density at radius 1 is 1.46 bits per heavy atom. The van der Waals surface area contributed by atoms with Crippen LogP contribution < -0.4 is 0 Å². The summed E-state index contributed by atoms with van der Waals surface area (Å²) in [5.41, 5.74) is -1.12. The van der Waals surface area contributed by atoms with Crippen molar-refractivity contribution in [3.05, 3.63) is 35.4 Å². The third kappa shape index (κ3) is 2.76. The fourth-order valence-electron chi connectivity index (χ4n) is 3.07. The van der Waals surface area contributed by atoms with Crippen molar-refractivity contribution in [3.63, 3.8) is 0 Å². The van der Waals surface area contributed by atoms with E-state index in [2.05, 4.69) is 0 Å². The first-order valence-electron chi connectivity index (χ1n) is 7.89. The Balaban J connectivity index is 1.75. The summed E-state index contributed by atoms with van der Waals surface area (Å²) in [5.74, 6) is -5.14. The van der Waals surface area contributed by atoms with Gasteiger partial charge >= 0.3 is 5.92 Å². The van der Waals surface area contributed by atoms with Crippen LogP contribution in [0.4, 0.5) is 8.78 Å². The summed E-state index contributed by atoms with van der Waals surface area (Å²) in [7, 11) is 0. The summed E-state index contributed by atoms with van der Waals surface area (Å²) in [6.07, 6.45) is -0.206. The number of hydrogen-bond donors (Lipinski definition) is 1. The average molecular weight is 336 g/mol. The molecule has 1 aliphatic heterocycles. The third-order valence-corrected chi connectivity index (χ3v) is 4.77. The molecule has 0 aromatic heterocycles. The molecule has 5 nitrogen and oxygen atoms in total. The van der Waals surface area contributed by atoms with Crippen molar-refractivity contribution in [2.45, 2.75) is 36.9 Å². The van der Waals surface area contributed by atoms with Crippen LogP contribution in [0, 0.1) is 11.3 Å². The van der Waals surface area contributed by atoms with Gasteiger partial charge in [0.05, 0.1) is 24.8 Å². The number of alkyl halides is 2. The van der Waals surface area contributed by atoms with E-state index in [4.69, 9.17) is 10.00 Å². The van der Waals surface area contributed by atoms with Crippen molar-refractivity contribution in [2.24, 2.45) is 0 Å². The Kier molecular flexibility index (Phi) is 4.28. The van der Waals surface area contributed by atoms with Crippen molar-refractivity contribution in [3.8, 4) is 6.07 Å². The number of benzene rings is 1. The highest BCUT2D eigenvalue weighted by Crippen LogP contribution is 2.45. The molecule has 3 rings (SSSR count). The van der Waals surface area contributed by atoms with Gasteiger partial charge in [-0.05, 0) is 37.0 Å². The van der Waals surface area contributed by atoms with Crippen LogP contribution in [0.15, 0.2) is 24.3 Å². The molecule has 1 saturated carbocycles. The molecule has 1 N–H and O–H groups in total. The highest BCUT2D eigenvalue weighted by molar-refractivity contribution is 5.85. The first kappa shape index (κ1) is 16.8. The second-order valence-electron chi connectivity index (χ2n) is 6.31. The number of nitriles is 1. The number of ether oxygens (including phenoxy) is 1. The van der Waals surface area contributed by atoms with Crippen LogP contribution in [-0.2, 0) is 9.53 Å². The first-order valence-corrected chi connectivity index (χ1v) is 7.89. The second-order valence-corrected chi connectivity index (χ2v) is 6.31. The van der Waals surface area contributed by atoms with E-state index in [0.717, 1.165) is 4.90 Å². The van der Waals surface area contributed by atoms with Gasteiger partial charge in [-0.2, -0.15) is 14.0 Å². The van der Waals surface area contributed by atoms with Gasteiger partial charge in [-0.25, -0.2) is 0 Å². The van der Waals surface area contributed by atoms with Gasteiger partial charge in [0.2, 0.25) is 0 Å². The molecule has 7 heteroatoms. The highest BCUT2D eigenvalue weighted by Gasteiger charge is 2.62. The van der Waals surface area contributed by atoms with Crippen LogP contribution in [0.25, 0.3) is 0 Å². The van der Waals surface area contributed by atoms with E-state index < -0.39 is 23.5 Å². The van der Waals surface area contributed by atoms with Gasteiger partial charge in [-0.15, -0.1) is 0 Å². The zero-order valence-corrected chi connectivity index (χ0v) is 13.0. The topological polar surface area (TPSA) is 73.6 Å². The molecule has 1 saturated heterocycles. The van der Waals surface area contributed by atoms with Crippen LogP contribution in [0.1, 0.15) is 36.5 Å². The number of carbonyl (C=O) groups excluding carboxylic acids is 1. The molecule has 0 radical (unpaired) electrons. The first-order chi connectivity index (χ1) is 11.4. The van der Waals surface area contributed by atoms with E-state index in [1.807, 2.05) is 6.07 Å². The van der Waals surface area contributed by atoms with Gasteiger partial charge in [0.1, 0.15) is 11.7 Å². The number of morpholine rings is 1. The molecule has 24 heavy (non-hydrogen) atoms. The number of amides is 1. The largest absolute Gasteiger partial charge is 0.383 e. The van der Waals surface area contributed by atoms with Crippen molar-refractivity contribution in [1.82, 2.24) is 4.90 Å². The van der Waals surface area contributed by atoms with Crippen LogP contribution in [0.2, 0.25) is 0 Å². The van der Waals surface area contributed by atoms with Gasteiger partial charge in [-0.1, -0.05) is 12.1 Å². The molecule has 128 valence electrons. The van der Waals surface area contributed by atoms with Crippen molar-refractivity contribution >= 4 is 5.91 Å². The number of aliphatic hydroxyl groups is 1. The molecule has 1 aromatic rings. The number of halogens is 2. The monoisotopic (exact) mass is 336 g/mol. The molecule has 0 spiro atoms. The van der Waals surface area contributed by atoms with E-state index in [9.17, 15) is 18.7 Å². The summed E-state index contributed by atoms with van der Waals surface area (Å²) in [5, 5.41) is 18.9. The standard InChI is InChI=1S/C17H18F2N2O3/c18-17(19,16(23)5-2-6-16)15(22)21-7-8-24-14(11-21)13-4-1-3-12(9-13)10-20/h1,3-4,9,14,23H,2,5-8,11H2. The normalized spacial score (nSPS) is 23.2. The summed E-state index contributed by atoms with van der Waals surface area (Å²) < 4.78 is 34.3. The summed E-state index contributed by atoms with van der Waals surface area (Å²) in [6, 6.07) is 8.68. The summed E-state index contributed by atoms with van der Waals surface area (Å²) >= 11 is 0. The summed E-state index contributed by atoms with van der Waals surface area (Å²) in [6.45, 7) is 0.153. The zero-order chi connectivity index (χ0) is 17.4. The average Bonchev–Trinajstić information content (AvgIpc) is 2.59. The van der Waals surface area contributed by atoms with Crippen LogP contribution in [0.3, 0.4) is 0 Å². The molecule has 2 aliphatic rings. The van der Waals surface area contributed by atoms with Crippen LogP contribution in [-0.4, -0.2) is 47.1 Å². The van der Waals surface area contributed by atoms with Gasteiger partial charge in [0, 0.05) is 6.54 Å². The highest BCUT2D eigenvalue weighted by atomic mass is 19.3. The maximum atomic E-state index is 14.4. The smallest absolute Gasteiger partial charge is 0.352 e. The molecule has 1 atom stereocenters. The molecular weight excluding hydrogens is 318 g/mol. The lowest BCUT2D eigenvalue weighted by molar-refractivity contribution is -0.226. The minimum absolute atomic E-state index is 0.0284. The Morgan fingerprint density at radius 2 is 2.21 bits per heavy atom. The second kappa shape index (κ2) is 6.11.